The van der Waals surface area contributed by atoms with E-state index in [0.717, 1.165) is 49.5 Å². The van der Waals surface area contributed by atoms with Gasteiger partial charge in [0, 0.05) is 24.5 Å². The molecule has 4 rings (SSSR count). The van der Waals surface area contributed by atoms with Crippen LogP contribution >= 0.6 is 0 Å². The Hall–Kier alpha value is -4.32. The second-order valence-corrected chi connectivity index (χ2v) is 9.03. The van der Waals surface area contributed by atoms with Crippen molar-refractivity contribution in [1.29, 1.82) is 0 Å². The van der Waals surface area contributed by atoms with Crippen LogP contribution in [-0.4, -0.2) is 38.7 Å². The van der Waals surface area contributed by atoms with Crippen molar-refractivity contribution in [2.75, 3.05) is 20.8 Å². The summed E-state index contributed by atoms with van der Waals surface area (Å²) in [4.78, 5) is 24.7. The Bertz CT molecular complexity index is 1510. The fourth-order valence-electron chi connectivity index (χ4n) is 5.10. The minimum Gasteiger partial charge on any atom is -0.496 e. The number of methoxy groups -OCH3 is 2. The molecule has 0 saturated carbocycles. The average Bonchev–Trinajstić information content (AvgIpc) is 2.91. The van der Waals surface area contributed by atoms with Gasteiger partial charge in [0.2, 0.25) is 5.91 Å². The highest BCUT2D eigenvalue weighted by molar-refractivity contribution is 6.11. The molecule has 1 N–H and O–H groups in total. The molecule has 6 heteroatoms. The zero-order valence-electron chi connectivity index (χ0n) is 22.3. The number of esters is 1. The van der Waals surface area contributed by atoms with Crippen LogP contribution in [0.15, 0.2) is 73.3 Å². The number of carbonyl (C=O) groups is 2. The highest BCUT2D eigenvalue weighted by Crippen LogP contribution is 2.48. The van der Waals surface area contributed by atoms with E-state index < -0.39 is 12.0 Å². The van der Waals surface area contributed by atoms with Crippen LogP contribution in [0.2, 0.25) is 0 Å². The van der Waals surface area contributed by atoms with Gasteiger partial charge in [0.1, 0.15) is 17.5 Å². The van der Waals surface area contributed by atoms with Gasteiger partial charge in [0.05, 0.1) is 20.8 Å². The Morgan fingerprint density at radius 3 is 1.92 bits per heavy atom. The maximum Gasteiger partial charge on any atom is 0.328 e. The van der Waals surface area contributed by atoms with Crippen molar-refractivity contribution in [3.8, 4) is 22.6 Å². The quantitative estimate of drug-likeness (QED) is 0.208. The minimum atomic E-state index is -0.860. The van der Waals surface area contributed by atoms with Crippen molar-refractivity contribution in [2.24, 2.45) is 0 Å². The molecule has 1 amide bonds. The first kappa shape index (κ1) is 26.7. The number of nitrogens with one attached hydrogen (secondary N) is 1. The fraction of sp³-hybridized carbons (Fsp3) is 0.250. The number of carbonyl (C=O) groups excluding carboxylic acids is 2. The third-order valence-corrected chi connectivity index (χ3v) is 6.55. The van der Waals surface area contributed by atoms with Gasteiger partial charge in [-0.3, -0.25) is 4.79 Å². The summed E-state index contributed by atoms with van der Waals surface area (Å²) in [5.74, 6) is 0.554. The first-order valence-electron chi connectivity index (χ1n) is 12.7. The van der Waals surface area contributed by atoms with Gasteiger partial charge in [-0.1, -0.05) is 54.6 Å². The molecule has 1 atom stereocenters. The molecule has 0 bridgehead atoms. The predicted molar refractivity (Wildman–Crippen MR) is 152 cm³/mol. The molecule has 4 aromatic carbocycles. The summed E-state index contributed by atoms with van der Waals surface area (Å²) in [7, 11) is 3.30. The number of rotatable bonds is 10. The number of ether oxygens (including phenoxy) is 3. The molecule has 196 valence electrons. The standard InChI is InChI=1S/C32H33NO5/c1-6-12-23-17-21-13-8-10-15-25(21)28(30(23)36-4)29-26-16-11-9-14-22(26)18-24(31(29)37-5)19-27(33-20(3)34)32(35)38-7-2/h6,8-11,13-18,27H,1,7,12,19H2,2-5H3,(H,33,34). The van der Waals surface area contributed by atoms with E-state index in [0.29, 0.717) is 12.2 Å². The van der Waals surface area contributed by atoms with Gasteiger partial charge in [-0.05, 0) is 58.1 Å². The second-order valence-electron chi connectivity index (χ2n) is 9.03. The van der Waals surface area contributed by atoms with Gasteiger partial charge < -0.3 is 19.5 Å². The Morgan fingerprint density at radius 1 is 0.895 bits per heavy atom. The number of fused-ring (bicyclic) bond motifs is 2. The summed E-state index contributed by atoms with van der Waals surface area (Å²) in [6, 6.07) is 19.5. The molecular formula is C32H33NO5. The summed E-state index contributed by atoms with van der Waals surface area (Å²) in [5, 5.41) is 6.79. The van der Waals surface area contributed by atoms with Crippen molar-refractivity contribution < 1.29 is 23.8 Å². The van der Waals surface area contributed by atoms with Gasteiger partial charge in [-0.15, -0.1) is 6.58 Å². The van der Waals surface area contributed by atoms with Crippen LogP contribution in [0.25, 0.3) is 32.7 Å². The lowest BCUT2D eigenvalue weighted by Crippen LogP contribution is -2.42. The van der Waals surface area contributed by atoms with Gasteiger partial charge in [-0.25, -0.2) is 4.79 Å². The molecule has 0 aliphatic rings. The lowest BCUT2D eigenvalue weighted by Gasteiger charge is -2.23. The molecular weight excluding hydrogens is 478 g/mol. The topological polar surface area (TPSA) is 73.9 Å². The van der Waals surface area contributed by atoms with Crippen LogP contribution in [-0.2, 0) is 27.2 Å². The van der Waals surface area contributed by atoms with Crippen LogP contribution in [0.4, 0.5) is 0 Å². The molecule has 0 spiro atoms. The molecule has 0 aromatic heterocycles. The lowest BCUT2D eigenvalue weighted by atomic mass is 9.87. The highest BCUT2D eigenvalue weighted by atomic mass is 16.5. The maximum atomic E-state index is 12.8. The van der Waals surface area contributed by atoms with E-state index in [1.54, 1.807) is 21.1 Å². The Morgan fingerprint density at radius 2 is 1.42 bits per heavy atom. The molecule has 0 aliphatic carbocycles. The SMILES string of the molecule is C=CCc1cc2ccccc2c(-c2c(OC)c(CC(NC(C)=O)C(=O)OCC)cc3ccccc23)c1OC. The van der Waals surface area contributed by atoms with Crippen molar-refractivity contribution in [2.45, 2.75) is 32.7 Å². The van der Waals surface area contributed by atoms with Gasteiger partial charge in [0.25, 0.3) is 0 Å². The van der Waals surface area contributed by atoms with E-state index in [1.807, 2.05) is 42.5 Å². The largest absolute Gasteiger partial charge is 0.496 e. The third-order valence-electron chi connectivity index (χ3n) is 6.55. The zero-order valence-corrected chi connectivity index (χ0v) is 22.3. The number of amides is 1. The lowest BCUT2D eigenvalue weighted by molar-refractivity contribution is -0.147. The molecule has 0 heterocycles. The molecule has 0 saturated heterocycles. The van der Waals surface area contributed by atoms with Crippen molar-refractivity contribution >= 4 is 33.4 Å². The van der Waals surface area contributed by atoms with Crippen LogP contribution in [0.1, 0.15) is 25.0 Å². The molecule has 6 nitrogen and oxygen atoms in total. The van der Waals surface area contributed by atoms with E-state index in [2.05, 4.69) is 36.2 Å². The van der Waals surface area contributed by atoms with Gasteiger partial charge >= 0.3 is 5.97 Å². The Kier molecular flexibility index (Phi) is 8.31. The fourth-order valence-corrected chi connectivity index (χ4v) is 5.10. The smallest absolute Gasteiger partial charge is 0.328 e. The summed E-state index contributed by atoms with van der Waals surface area (Å²) < 4.78 is 17.4. The van der Waals surface area contributed by atoms with Gasteiger partial charge in [0.15, 0.2) is 0 Å². The first-order chi connectivity index (χ1) is 18.4. The maximum absolute atomic E-state index is 12.8. The zero-order chi connectivity index (χ0) is 27.2. The highest BCUT2D eigenvalue weighted by Gasteiger charge is 2.27. The monoisotopic (exact) mass is 511 g/mol. The van der Waals surface area contributed by atoms with Crippen LogP contribution in [0.3, 0.4) is 0 Å². The number of allylic oxidation sites excluding steroid dienone is 1. The molecule has 0 fully saturated rings. The predicted octanol–water partition coefficient (Wildman–Crippen LogP) is 6.02. The van der Waals surface area contributed by atoms with Crippen molar-refractivity contribution in [3.63, 3.8) is 0 Å². The second kappa shape index (κ2) is 11.8. The molecule has 1 unspecified atom stereocenters. The summed E-state index contributed by atoms with van der Waals surface area (Å²) in [6.45, 7) is 7.28. The van der Waals surface area contributed by atoms with E-state index >= 15 is 0 Å². The third kappa shape index (κ3) is 5.21. The molecule has 0 aliphatic heterocycles. The van der Waals surface area contributed by atoms with Crippen LogP contribution in [0.5, 0.6) is 11.5 Å². The van der Waals surface area contributed by atoms with E-state index in [1.165, 1.54) is 6.92 Å². The molecule has 4 aromatic rings. The normalized spacial score (nSPS) is 11.7. The van der Waals surface area contributed by atoms with Crippen molar-refractivity contribution in [1.82, 2.24) is 5.32 Å². The number of hydrogen-bond donors (Lipinski definition) is 1. The van der Waals surface area contributed by atoms with Crippen LogP contribution < -0.4 is 14.8 Å². The number of benzene rings is 4. The number of hydrogen-bond acceptors (Lipinski definition) is 5. The van der Waals surface area contributed by atoms with Crippen molar-refractivity contribution in [3.05, 3.63) is 84.4 Å². The average molecular weight is 512 g/mol. The van der Waals surface area contributed by atoms with E-state index in [4.69, 9.17) is 14.2 Å². The first-order valence-corrected chi connectivity index (χ1v) is 12.7. The van der Waals surface area contributed by atoms with Crippen LogP contribution in [0, 0.1) is 0 Å². The van der Waals surface area contributed by atoms with E-state index in [9.17, 15) is 9.59 Å². The summed E-state index contributed by atoms with van der Waals surface area (Å²) >= 11 is 0. The van der Waals surface area contributed by atoms with Gasteiger partial charge in [-0.2, -0.15) is 0 Å². The van der Waals surface area contributed by atoms with E-state index in [-0.39, 0.29) is 18.9 Å². The Balaban J connectivity index is 2.08. The molecule has 38 heavy (non-hydrogen) atoms. The minimum absolute atomic E-state index is 0.200. The Labute approximate surface area is 223 Å². The summed E-state index contributed by atoms with van der Waals surface area (Å²) in [6.07, 6.45) is 2.69. The summed E-state index contributed by atoms with van der Waals surface area (Å²) in [5.41, 5.74) is 3.55. The molecule has 0 radical (unpaired) electrons.